The molecule has 2 rings (SSSR count). The van der Waals surface area contributed by atoms with Crippen molar-refractivity contribution >= 4 is 5.97 Å². The molecule has 4 nitrogen and oxygen atoms in total. The normalized spacial score (nSPS) is 26.2. The molecule has 1 aliphatic carbocycles. The summed E-state index contributed by atoms with van der Waals surface area (Å²) in [5.74, 6) is 1.57. The molecule has 0 radical (unpaired) electrons. The van der Waals surface area contributed by atoms with Gasteiger partial charge in [0.15, 0.2) is 0 Å². The van der Waals surface area contributed by atoms with Crippen LogP contribution in [0.3, 0.4) is 0 Å². The highest BCUT2D eigenvalue weighted by molar-refractivity contribution is 5.71. The van der Waals surface area contributed by atoms with E-state index in [-0.39, 0.29) is 12.0 Å². The van der Waals surface area contributed by atoms with Gasteiger partial charge in [-0.25, -0.2) is 0 Å². The van der Waals surface area contributed by atoms with Gasteiger partial charge >= 0.3 is 5.97 Å². The Kier molecular flexibility index (Phi) is 5.45. The highest BCUT2D eigenvalue weighted by Gasteiger charge is 2.37. The van der Waals surface area contributed by atoms with Crippen molar-refractivity contribution in [3.63, 3.8) is 0 Å². The van der Waals surface area contributed by atoms with Gasteiger partial charge in [-0.15, -0.1) is 0 Å². The summed E-state index contributed by atoms with van der Waals surface area (Å²) in [6.45, 7) is 4.82. The lowest BCUT2D eigenvalue weighted by molar-refractivity contribution is -0.146. The fourth-order valence-corrected chi connectivity index (χ4v) is 3.61. The van der Waals surface area contributed by atoms with Gasteiger partial charge in [-0.1, -0.05) is 19.8 Å². The molecule has 1 fully saturated rings. The van der Waals surface area contributed by atoms with Crippen LogP contribution < -0.4 is 0 Å². The van der Waals surface area contributed by atoms with E-state index in [1.165, 1.54) is 12.8 Å². The van der Waals surface area contributed by atoms with E-state index in [4.69, 9.17) is 4.42 Å². The molecule has 118 valence electrons. The van der Waals surface area contributed by atoms with Crippen molar-refractivity contribution in [3.8, 4) is 0 Å². The third-order valence-electron chi connectivity index (χ3n) is 4.71. The molecule has 1 saturated carbocycles. The Morgan fingerprint density at radius 2 is 2.19 bits per heavy atom. The number of rotatable bonds is 6. The maximum Gasteiger partial charge on any atom is 0.308 e. The second-order valence-corrected chi connectivity index (χ2v) is 6.41. The number of furan rings is 1. The summed E-state index contributed by atoms with van der Waals surface area (Å²) < 4.78 is 5.63. The average molecular weight is 293 g/mol. The Hall–Kier alpha value is -1.29. The molecule has 3 atom stereocenters. The molecule has 0 amide bonds. The summed E-state index contributed by atoms with van der Waals surface area (Å²) in [4.78, 5) is 13.7. The van der Waals surface area contributed by atoms with E-state index in [1.807, 2.05) is 26.1 Å². The van der Waals surface area contributed by atoms with Crippen LogP contribution in [0.1, 0.15) is 50.5 Å². The van der Waals surface area contributed by atoms with Gasteiger partial charge in [0.1, 0.15) is 11.5 Å². The predicted octanol–water partition coefficient (Wildman–Crippen LogP) is 3.69. The number of aliphatic carboxylic acids is 1. The maximum absolute atomic E-state index is 11.5. The van der Waals surface area contributed by atoms with E-state index in [0.29, 0.717) is 12.5 Å². The number of hydrogen-bond donors (Lipinski definition) is 1. The first kappa shape index (κ1) is 16.1. The lowest BCUT2D eigenvalue weighted by Crippen LogP contribution is -2.45. The van der Waals surface area contributed by atoms with Crippen molar-refractivity contribution < 1.29 is 14.3 Å². The first-order valence-electron chi connectivity index (χ1n) is 7.99. The lowest BCUT2D eigenvalue weighted by atomic mass is 9.76. The van der Waals surface area contributed by atoms with Crippen LogP contribution in [-0.4, -0.2) is 29.1 Å². The van der Waals surface area contributed by atoms with Crippen LogP contribution in [-0.2, 0) is 11.3 Å². The van der Waals surface area contributed by atoms with E-state index in [1.54, 1.807) is 0 Å². The molecule has 3 unspecified atom stereocenters. The van der Waals surface area contributed by atoms with Crippen molar-refractivity contribution in [1.29, 1.82) is 0 Å². The fraction of sp³-hybridized carbons (Fsp3) is 0.706. The minimum absolute atomic E-state index is 0.109. The van der Waals surface area contributed by atoms with Gasteiger partial charge in [-0.05, 0) is 51.3 Å². The molecule has 0 aromatic carbocycles. The van der Waals surface area contributed by atoms with Gasteiger partial charge in [0, 0.05) is 6.04 Å². The minimum atomic E-state index is -0.655. The maximum atomic E-state index is 11.5. The fourth-order valence-electron chi connectivity index (χ4n) is 3.61. The van der Waals surface area contributed by atoms with Gasteiger partial charge in [0.05, 0.1) is 12.5 Å². The van der Waals surface area contributed by atoms with Crippen LogP contribution in [0.25, 0.3) is 0 Å². The topological polar surface area (TPSA) is 53.7 Å². The van der Waals surface area contributed by atoms with Crippen LogP contribution in [0.4, 0.5) is 0 Å². The summed E-state index contributed by atoms with van der Waals surface area (Å²) in [5.41, 5.74) is 0. The molecule has 0 aliphatic heterocycles. The predicted molar refractivity (Wildman–Crippen MR) is 82.1 cm³/mol. The molecule has 1 heterocycles. The number of nitrogens with zero attached hydrogens (tertiary/aromatic N) is 1. The van der Waals surface area contributed by atoms with Crippen LogP contribution >= 0.6 is 0 Å². The minimum Gasteiger partial charge on any atom is -0.481 e. The van der Waals surface area contributed by atoms with Gasteiger partial charge in [-0.2, -0.15) is 0 Å². The van der Waals surface area contributed by atoms with Crippen molar-refractivity contribution in [3.05, 3.63) is 23.7 Å². The Bertz CT molecular complexity index is 468. The summed E-state index contributed by atoms with van der Waals surface area (Å²) in [6, 6.07) is 4.05. The van der Waals surface area contributed by atoms with Crippen LogP contribution in [0.15, 0.2) is 16.5 Å². The van der Waals surface area contributed by atoms with Gasteiger partial charge in [0.25, 0.3) is 0 Å². The zero-order chi connectivity index (χ0) is 15.4. The summed E-state index contributed by atoms with van der Waals surface area (Å²) in [7, 11) is 2.02. The van der Waals surface area contributed by atoms with Gasteiger partial charge in [0.2, 0.25) is 0 Å². The smallest absolute Gasteiger partial charge is 0.308 e. The van der Waals surface area contributed by atoms with Gasteiger partial charge in [-0.3, -0.25) is 9.69 Å². The number of aryl methyl sites for hydroxylation is 1. The number of hydrogen-bond acceptors (Lipinski definition) is 3. The molecule has 0 bridgehead atoms. The highest BCUT2D eigenvalue weighted by Crippen LogP contribution is 2.35. The Labute approximate surface area is 127 Å². The molecule has 1 aromatic rings. The number of carboxylic acids is 1. The van der Waals surface area contributed by atoms with Crippen molar-refractivity contribution in [2.24, 2.45) is 11.8 Å². The zero-order valence-corrected chi connectivity index (χ0v) is 13.3. The molecule has 21 heavy (non-hydrogen) atoms. The molecule has 4 heteroatoms. The van der Waals surface area contributed by atoms with Crippen molar-refractivity contribution in [1.82, 2.24) is 4.90 Å². The Morgan fingerprint density at radius 3 is 2.76 bits per heavy atom. The standard InChI is InChI=1S/C17H27NO3/c1-4-5-13-7-9-15(17(19)20)16(10-13)18(3)11-14-8-6-12(2)21-14/h6,8,13,15-16H,4-5,7,9-11H2,1-3H3,(H,19,20). The van der Waals surface area contributed by atoms with E-state index in [0.717, 1.165) is 30.8 Å². The number of carbonyl (C=O) groups is 1. The largest absolute Gasteiger partial charge is 0.481 e. The third kappa shape index (κ3) is 4.10. The van der Waals surface area contributed by atoms with Crippen molar-refractivity contribution in [2.75, 3.05) is 7.05 Å². The molecular formula is C17H27NO3. The zero-order valence-electron chi connectivity index (χ0n) is 13.3. The summed E-state index contributed by atoms with van der Waals surface area (Å²) in [6.07, 6.45) is 5.22. The van der Waals surface area contributed by atoms with E-state index >= 15 is 0 Å². The third-order valence-corrected chi connectivity index (χ3v) is 4.71. The molecule has 1 N–H and O–H groups in total. The van der Waals surface area contributed by atoms with E-state index in [9.17, 15) is 9.90 Å². The first-order valence-corrected chi connectivity index (χ1v) is 7.99. The monoisotopic (exact) mass is 293 g/mol. The lowest BCUT2D eigenvalue weighted by Gasteiger charge is -2.39. The van der Waals surface area contributed by atoms with E-state index < -0.39 is 5.97 Å². The second-order valence-electron chi connectivity index (χ2n) is 6.41. The summed E-state index contributed by atoms with van der Waals surface area (Å²) in [5, 5.41) is 9.49. The SMILES string of the molecule is CCCC1CCC(C(=O)O)C(N(C)Cc2ccc(C)o2)C1. The first-order chi connectivity index (χ1) is 10.0. The Balaban J connectivity index is 2.05. The van der Waals surface area contributed by atoms with Crippen molar-refractivity contribution in [2.45, 2.75) is 58.5 Å². The van der Waals surface area contributed by atoms with Gasteiger partial charge < -0.3 is 9.52 Å². The van der Waals surface area contributed by atoms with Crippen LogP contribution in [0.5, 0.6) is 0 Å². The second kappa shape index (κ2) is 7.12. The molecule has 1 aromatic heterocycles. The Morgan fingerprint density at radius 1 is 1.43 bits per heavy atom. The molecule has 0 spiro atoms. The van der Waals surface area contributed by atoms with Crippen LogP contribution in [0.2, 0.25) is 0 Å². The van der Waals surface area contributed by atoms with Crippen LogP contribution in [0, 0.1) is 18.8 Å². The number of carboxylic acid groups (broad SMARTS) is 1. The highest BCUT2D eigenvalue weighted by atomic mass is 16.4. The molecule has 0 saturated heterocycles. The molecular weight excluding hydrogens is 266 g/mol. The average Bonchev–Trinajstić information content (AvgIpc) is 2.84. The van der Waals surface area contributed by atoms with E-state index in [2.05, 4.69) is 11.8 Å². The molecule has 1 aliphatic rings. The summed E-state index contributed by atoms with van der Waals surface area (Å²) >= 11 is 0. The quantitative estimate of drug-likeness (QED) is 0.869.